The number of nitro benzene ring substituents is 1. The first kappa shape index (κ1) is 11.8. The van der Waals surface area contributed by atoms with Crippen molar-refractivity contribution < 1.29 is 9.31 Å². The smallest absolute Gasteiger partial charge is 0.327 e. The number of nitrogens with one attached hydrogen (secondary N) is 1. The van der Waals surface area contributed by atoms with Crippen LogP contribution in [0.5, 0.6) is 0 Å². The van der Waals surface area contributed by atoms with E-state index in [1.165, 1.54) is 6.07 Å². The van der Waals surface area contributed by atoms with Gasteiger partial charge in [-0.3, -0.25) is 10.1 Å². The van der Waals surface area contributed by atoms with Crippen LogP contribution >= 0.6 is 0 Å². The van der Waals surface area contributed by atoms with E-state index in [1.54, 1.807) is 6.07 Å². The predicted molar refractivity (Wildman–Crippen MR) is 62.7 cm³/mol. The summed E-state index contributed by atoms with van der Waals surface area (Å²) >= 11 is 0. The van der Waals surface area contributed by atoms with Gasteiger partial charge in [0.25, 0.3) is 0 Å². The summed E-state index contributed by atoms with van der Waals surface area (Å²) in [6.07, 6.45) is 0. The Morgan fingerprint density at radius 2 is 2.35 bits per heavy atom. The lowest BCUT2D eigenvalue weighted by Crippen LogP contribution is -2.50. The zero-order chi connectivity index (χ0) is 12.4. The Bertz CT molecular complexity index is 439. The minimum atomic E-state index is -0.779. The average molecular weight is 239 g/mol. The Morgan fingerprint density at radius 1 is 1.59 bits per heavy atom. The fourth-order valence-electron chi connectivity index (χ4n) is 2.12. The van der Waals surface area contributed by atoms with Crippen LogP contribution in [0.4, 0.5) is 15.8 Å². The zero-order valence-electron chi connectivity index (χ0n) is 9.52. The third-order valence-electron chi connectivity index (χ3n) is 2.96. The molecule has 1 atom stereocenters. The summed E-state index contributed by atoms with van der Waals surface area (Å²) in [5.74, 6) is -0.779. The van der Waals surface area contributed by atoms with Gasteiger partial charge in [-0.15, -0.1) is 0 Å². The summed E-state index contributed by atoms with van der Waals surface area (Å²) in [5.41, 5.74) is -0.0646. The standard InChI is InChI=1S/C11H14FN3O2/c1-8-7-13-5-6-14(8)10-4-2-3-9(12)11(10)15(16)17/h2-4,8,13H,5-7H2,1H3. The number of rotatable bonds is 2. The number of nitro groups is 1. The third kappa shape index (κ3) is 2.21. The summed E-state index contributed by atoms with van der Waals surface area (Å²) in [5, 5.41) is 14.1. The minimum absolute atomic E-state index is 0.115. The van der Waals surface area contributed by atoms with Gasteiger partial charge in [0.05, 0.1) is 4.92 Å². The van der Waals surface area contributed by atoms with Gasteiger partial charge in [0.2, 0.25) is 5.82 Å². The van der Waals surface area contributed by atoms with Gasteiger partial charge in [-0.1, -0.05) is 6.07 Å². The van der Waals surface area contributed by atoms with Crippen LogP contribution in [0.1, 0.15) is 6.92 Å². The summed E-state index contributed by atoms with van der Waals surface area (Å²) in [4.78, 5) is 12.1. The van der Waals surface area contributed by atoms with Gasteiger partial charge in [-0.05, 0) is 19.1 Å². The zero-order valence-corrected chi connectivity index (χ0v) is 9.52. The Morgan fingerprint density at radius 3 is 3.00 bits per heavy atom. The number of hydrogen-bond donors (Lipinski definition) is 1. The molecule has 1 unspecified atom stereocenters. The number of benzene rings is 1. The first-order valence-electron chi connectivity index (χ1n) is 5.51. The van der Waals surface area contributed by atoms with Crippen LogP contribution in [-0.4, -0.2) is 30.6 Å². The first-order chi connectivity index (χ1) is 8.11. The van der Waals surface area contributed by atoms with E-state index in [4.69, 9.17) is 0 Å². The molecule has 1 heterocycles. The molecule has 6 heteroatoms. The summed E-state index contributed by atoms with van der Waals surface area (Å²) < 4.78 is 13.5. The second kappa shape index (κ2) is 4.67. The molecule has 2 rings (SSSR count). The van der Waals surface area contributed by atoms with Crippen molar-refractivity contribution in [2.45, 2.75) is 13.0 Å². The quantitative estimate of drug-likeness (QED) is 0.628. The van der Waals surface area contributed by atoms with Crippen LogP contribution in [0, 0.1) is 15.9 Å². The lowest BCUT2D eigenvalue weighted by molar-refractivity contribution is -0.386. The van der Waals surface area contributed by atoms with Crippen LogP contribution in [0.25, 0.3) is 0 Å². The molecule has 0 radical (unpaired) electrons. The molecule has 1 saturated heterocycles. The topological polar surface area (TPSA) is 58.4 Å². The molecule has 0 amide bonds. The van der Waals surface area contributed by atoms with Crippen molar-refractivity contribution in [1.29, 1.82) is 0 Å². The van der Waals surface area contributed by atoms with E-state index < -0.39 is 16.4 Å². The van der Waals surface area contributed by atoms with E-state index in [9.17, 15) is 14.5 Å². The molecule has 1 aromatic rings. The molecule has 5 nitrogen and oxygen atoms in total. The number of nitrogens with zero attached hydrogens (tertiary/aromatic N) is 2. The molecule has 17 heavy (non-hydrogen) atoms. The molecule has 0 saturated carbocycles. The molecule has 1 aromatic carbocycles. The Labute approximate surface area is 98.4 Å². The van der Waals surface area contributed by atoms with Gasteiger partial charge in [-0.25, -0.2) is 0 Å². The highest BCUT2D eigenvalue weighted by molar-refractivity contribution is 5.64. The monoisotopic (exact) mass is 239 g/mol. The molecule has 0 bridgehead atoms. The number of halogens is 1. The molecule has 1 aliphatic rings. The van der Waals surface area contributed by atoms with Crippen LogP contribution in [0.2, 0.25) is 0 Å². The van der Waals surface area contributed by atoms with E-state index in [2.05, 4.69) is 5.32 Å². The molecule has 1 aliphatic heterocycles. The maximum Gasteiger partial charge on any atom is 0.327 e. The highest BCUT2D eigenvalue weighted by atomic mass is 19.1. The molecule has 1 fully saturated rings. The van der Waals surface area contributed by atoms with Crippen molar-refractivity contribution in [3.63, 3.8) is 0 Å². The van der Waals surface area contributed by atoms with Gasteiger partial charge in [0.1, 0.15) is 5.69 Å². The maximum atomic E-state index is 13.5. The van der Waals surface area contributed by atoms with E-state index in [1.807, 2.05) is 11.8 Å². The Balaban J connectivity index is 2.43. The number of anilines is 1. The maximum absolute atomic E-state index is 13.5. The molecule has 0 aromatic heterocycles. The highest BCUT2D eigenvalue weighted by Crippen LogP contribution is 2.32. The second-order valence-electron chi connectivity index (χ2n) is 4.11. The summed E-state index contributed by atoms with van der Waals surface area (Å²) in [6.45, 7) is 4.10. The summed E-state index contributed by atoms with van der Waals surface area (Å²) in [6, 6.07) is 4.34. The second-order valence-corrected chi connectivity index (χ2v) is 4.11. The molecular weight excluding hydrogens is 225 g/mol. The first-order valence-corrected chi connectivity index (χ1v) is 5.51. The minimum Gasteiger partial charge on any atom is -0.361 e. The number of hydrogen-bond acceptors (Lipinski definition) is 4. The van der Waals surface area contributed by atoms with Gasteiger partial charge in [-0.2, -0.15) is 4.39 Å². The van der Waals surface area contributed by atoms with Gasteiger partial charge in [0, 0.05) is 25.7 Å². The highest BCUT2D eigenvalue weighted by Gasteiger charge is 2.28. The molecule has 1 N–H and O–H groups in total. The van der Waals surface area contributed by atoms with E-state index >= 15 is 0 Å². The van der Waals surface area contributed by atoms with Crippen molar-refractivity contribution in [3.05, 3.63) is 34.1 Å². The van der Waals surface area contributed by atoms with Crippen molar-refractivity contribution in [2.75, 3.05) is 24.5 Å². The van der Waals surface area contributed by atoms with Gasteiger partial charge in [0.15, 0.2) is 0 Å². The SMILES string of the molecule is CC1CNCCN1c1cccc(F)c1[N+](=O)[O-]. The van der Waals surface area contributed by atoms with Crippen LogP contribution in [-0.2, 0) is 0 Å². The van der Waals surface area contributed by atoms with Gasteiger partial charge >= 0.3 is 5.69 Å². The molecule has 0 spiro atoms. The molecule has 92 valence electrons. The molecule has 0 aliphatic carbocycles. The fourth-order valence-corrected chi connectivity index (χ4v) is 2.12. The van der Waals surface area contributed by atoms with Crippen LogP contribution in [0.15, 0.2) is 18.2 Å². The predicted octanol–water partition coefficient (Wildman–Crippen LogP) is 1.53. The van der Waals surface area contributed by atoms with E-state index in [-0.39, 0.29) is 6.04 Å². The third-order valence-corrected chi connectivity index (χ3v) is 2.96. The van der Waals surface area contributed by atoms with Crippen molar-refractivity contribution >= 4 is 11.4 Å². The molecular formula is C11H14FN3O2. The van der Waals surface area contributed by atoms with E-state index in [0.717, 1.165) is 19.2 Å². The number of para-hydroxylation sites is 1. The average Bonchev–Trinajstić information content (AvgIpc) is 2.28. The van der Waals surface area contributed by atoms with E-state index in [0.29, 0.717) is 12.2 Å². The Kier molecular flexibility index (Phi) is 3.23. The van der Waals surface area contributed by atoms with Gasteiger partial charge < -0.3 is 10.2 Å². The fraction of sp³-hybridized carbons (Fsp3) is 0.455. The Hall–Kier alpha value is -1.69. The lowest BCUT2D eigenvalue weighted by Gasteiger charge is -2.35. The van der Waals surface area contributed by atoms with Crippen molar-refractivity contribution in [2.24, 2.45) is 0 Å². The van der Waals surface area contributed by atoms with Crippen LogP contribution < -0.4 is 10.2 Å². The lowest BCUT2D eigenvalue weighted by atomic mass is 10.1. The largest absolute Gasteiger partial charge is 0.361 e. The number of piperazine rings is 1. The van der Waals surface area contributed by atoms with Crippen molar-refractivity contribution in [1.82, 2.24) is 5.32 Å². The van der Waals surface area contributed by atoms with Crippen molar-refractivity contribution in [3.8, 4) is 0 Å². The normalized spacial score (nSPS) is 20.4. The summed E-state index contributed by atoms with van der Waals surface area (Å²) in [7, 11) is 0. The van der Waals surface area contributed by atoms with Crippen LogP contribution in [0.3, 0.4) is 0 Å².